The van der Waals surface area contributed by atoms with E-state index < -0.39 is 25.0 Å². The molecule has 1 N–H and O–H groups in total. The molecule has 1 rings (SSSR count). The maximum absolute atomic E-state index is 10.8. The Morgan fingerprint density at radius 1 is 1.35 bits per heavy atom. The third-order valence-corrected chi connectivity index (χ3v) is 8.12. The summed E-state index contributed by atoms with van der Waals surface area (Å²) in [5, 5.41) is 9.96. The van der Waals surface area contributed by atoms with Crippen LogP contribution in [-0.4, -0.2) is 11.1 Å². The molecule has 0 aliphatic heterocycles. The van der Waals surface area contributed by atoms with Gasteiger partial charge in [0.05, 0.1) is 0 Å². The molecule has 17 heavy (non-hydrogen) atoms. The van der Waals surface area contributed by atoms with Crippen LogP contribution in [0, 0.1) is 6.92 Å². The van der Waals surface area contributed by atoms with Crippen LogP contribution in [0.5, 0.6) is 5.75 Å². The van der Waals surface area contributed by atoms with Gasteiger partial charge < -0.3 is 0 Å². The molecule has 0 saturated heterocycles. The minimum atomic E-state index is -1.97. The van der Waals surface area contributed by atoms with E-state index in [-0.39, 0.29) is 11.4 Å². The summed E-state index contributed by atoms with van der Waals surface area (Å²) >= 11 is -1.97. The van der Waals surface area contributed by atoms with Crippen molar-refractivity contribution >= 4 is 9.04 Å². The number of carbonyl (C=O) groups excluding carboxylic acids is 1. The summed E-state index contributed by atoms with van der Waals surface area (Å²) in [6.07, 6.45) is 0. The average molecular weight is 423 g/mol. The summed E-state index contributed by atoms with van der Waals surface area (Å²) in [6, 6.07) is 3.99. The van der Waals surface area contributed by atoms with Gasteiger partial charge >= 0.3 is 116 Å². The molecule has 0 aliphatic carbocycles. The van der Waals surface area contributed by atoms with E-state index >= 15 is 0 Å². The molecule has 0 saturated carbocycles. The van der Waals surface area contributed by atoms with Crippen LogP contribution in [0.1, 0.15) is 38.8 Å². The number of carbonyl (C=O) groups is 1. The van der Waals surface area contributed by atoms with Crippen molar-refractivity contribution in [1.82, 2.24) is 0 Å². The Bertz CT molecular complexity index is 433. The molecule has 3 nitrogen and oxygen atoms in total. The number of aryl methyl sites for hydroxylation is 1. The van der Waals surface area contributed by atoms with Crippen molar-refractivity contribution < 1.29 is 37.6 Å². The molecule has 0 bridgehead atoms. The Hall–Kier alpha value is -0.575. The van der Waals surface area contributed by atoms with E-state index in [1.54, 1.807) is 0 Å². The molecule has 4 heteroatoms. The Morgan fingerprint density at radius 3 is 2.41 bits per heavy atom. The predicted molar refractivity (Wildman–Crippen MR) is 62.9 cm³/mol. The number of rotatable bonds is 2. The zero-order valence-electron chi connectivity index (χ0n) is 11.1. The van der Waals surface area contributed by atoms with E-state index in [2.05, 4.69) is 20.8 Å². The van der Waals surface area contributed by atoms with Gasteiger partial charge in [0.15, 0.2) is 0 Å². The van der Waals surface area contributed by atoms with Crippen molar-refractivity contribution in [2.24, 2.45) is 0 Å². The summed E-state index contributed by atoms with van der Waals surface area (Å²) in [4.78, 5) is 10.8. The van der Waals surface area contributed by atoms with E-state index in [0.29, 0.717) is 5.75 Å². The Kier molecular flexibility index (Phi) is 4.58. The number of phenols is 1. The minimum absolute atomic E-state index is 0.0390. The van der Waals surface area contributed by atoms with Crippen molar-refractivity contribution in [2.45, 2.75) is 40.0 Å². The van der Waals surface area contributed by atoms with Crippen molar-refractivity contribution in [1.29, 1.82) is 0 Å². The van der Waals surface area contributed by atoms with Crippen LogP contribution in [0.15, 0.2) is 12.1 Å². The van der Waals surface area contributed by atoms with Gasteiger partial charge in [0.25, 0.3) is 0 Å². The van der Waals surface area contributed by atoms with E-state index in [0.717, 1.165) is 8.64 Å². The first-order chi connectivity index (χ1) is 7.71. The van der Waals surface area contributed by atoms with Crippen molar-refractivity contribution in [3.05, 3.63) is 23.3 Å². The molecule has 0 fully saturated rings. The summed E-state index contributed by atoms with van der Waals surface area (Å²) < 4.78 is 6.03. The number of hydrogen-bond donors (Lipinski definition) is 1. The van der Waals surface area contributed by atoms with Crippen molar-refractivity contribution in [3.8, 4) is 5.75 Å². The molecule has 90 valence electrons. The number of phenolic OH excluding ortho intramolecular Hbond substituents is 1. The van der Waals surface area contributed by atoms with Gasteiger partial charge in [-0.1, -0.05) is 0 Å². The van der Waals surface area contributed by atoms with Gasteiger partial charge in [0.1, 0.15) is 0 Å². The normalized spacial score (nSPS) is 10.9. The topological polar surface area (TPSA) is 46.5 Å². The van der Waals surface area contributed by atoms with Gasteiger partial charge in [-0.05, 0) is 0 Å². The van der Waals surface area contributed by atoms with Gasteiger partial charge in [-0.2, -0.15) is 0 Å². The van der Waals surface area contributed by atoms with Crippen LogP contribution < -0.4 is 3.07 Å². The Morgan fingerprint density at radius 2 is 1.94 bits per heavy atom. The third-order valence-electron chi connectivity index (χ3n) is 2.68. The third kappa shape index (κ3) is 3.98. The van der Waals surface area contributed by atoms with Crippen molar-refractivity contribution in [2.75, 3.05) is 0 Å². The molecule has 0 unspecified atom stereocenters. The fourth-order valence-corrected chi connectivity index (χ4v) is 5.76. The van der Waals surface area contributed by atoms with E-state index in [1.807, 2.05) is 19.1 Å². The fourth-order valence-electron chi connectivity index (χ4n) is 1.58. The monoisotopic (exact) mass is 424 g/mol. The van der Waals surface area contributed by atoms with Gasteiger partial charge in [0, 0.05) is 0 Å². The van der Waals surface area contributed by atoms with Crippen LogP contribution in [0.3, 0.4) is 0 Å². The second kappa shape index (κ2) is 5.38. The molecular weight excluding hydrogens is 405 g/mol. The van der Waals surface area contributed by atoms with E-state index in [1.165, 1.54) is 12.5 Å². The summed E-state index contributed by atoms with van der Waals surface area (Å²) in [7, 11) is 0. The van der Waals surface area contributed by atoms with E-state index in [4.69, 9.17) is 2.64 Å². The number of aromatic hydroxyl groups is 1. The van der Waals surface area contributed by atoms with Crippen LogP contribution >= 0.6 is 0 Å². The first kappa shape index (κ1) is 14.5. The van der Waals surface area contributed by atoms with Crippen LogP contribution in [0.2, 0.25) is 0 Å². The first-order valence-corrected chi connectivity index (χ1v) is 10.7. The maximum atomic E-state index is 10.8. The van der Waals surface area contributed by atoms with Crippen LogP contribution in [0.4, 0.5) is 0 Å². The van der Waals surface area contributed by atoms with Gasteiger partial charge in [-0.3, -0.25) is 0 Å². The molecule has 1 aromatic carbocycles. The number of benzene rings is 1. The van der Waals surface area contributed by atoms with Gasteiger partial charge in [-0.25, -0.2) is 0 Å². The second-order valence-corrected chi connectivity index (χ2v) is 10.5. The summed E-state index contributed by atoms with van der Waals surface area (Å²) in [5.74, 6) is 0.0609. The molecule has 0 radical (unpaired) electrons. The zero-order valence-corrected chi connectivity index (χ0v) is 16.6. The van der Waals surface area contributed by atoms with Crippen LogP contribution in [-0.2, 0) is 37.9 Å². The summed E-state index contributed by atoms with van der Waals surface area (Å²) in [6.45, 7) is 9.69. The number of hydrogen-bond acceptors (Lipinski definition) is 3. The standard InChI is InChI=1S/C11H15O.C2H4O2.Hg/c1-8-7-9(11(2,3)4)5-6-10(8)12;1-2(3)4;/h5,7,12H,1-4H3;1H3,(H,3,4);/q;;+1/p-1. The molecule has 0 heterocycles. The zero-order chi connectivity index (χ0) is 13.2. The van der Waals surface area contributed by atoms with Gasteiger partial charge in [0.2, 0.25) is 0 Å². The first-order valence-electron chi connectivity index (χ1n) is 5.68. The molecule has 0 aromatic heterocycles. The Labute approximate surface area is 115 Å². The second-order valence-electron chi connectivity index (χ2n) is 5.33. The van der Waals surface area contributed by atoms with Crippen molar-refractivity contribution in [3.63, 3.8) is 0 Å². The Balaban J connectivity index is 3.11. The average Bonchev–Trinajstić information content (AvgIpc) is 2.18. The van der Waals surface area contributed by atoms with E-state index in [9.17, 15) is 9.90 Å². The summed E-state index contributed by atoms with van der Waals surface area (Å²) in [5.41, 5.74) is 2.08. The fraction of sp³-hybridized carbons (Fsp3) is 0.462. The van der Waals surface area contributed by atoms with Crippen LogP contribution in [0.25, 0.3) is 0 Å². The molecule has 0 aliphatic rings. The van der Waals surface area contributed by atoms with Gasteiger partial charge in [-0.15, -0.1) is 0 Å². The molecule has 1 aromatic rings. The quantitative estimate of drug-likeness (QED) is 0.743. The molecule has 0 amide bonds. The SMILES string of the molecule is CC(=O)[O][Hg][c]1cc(C(C)(C)C)cc(C)c1O. The molecule has 0 atom stereocenters. The molecular formula is C13H18HgO3. The predicted octanol–water partition coefficient (Wildman–Crippen LogP) is 2.18. The molecule has 0 spiro atoms.